The van der Waals surface area contributed by atoms with Crippen LogP contribution in [0.2, 0.25) is 0 Å². The minimum atomic E-state index is -0.0973. The van der Waals surface area contributed by atoms with Crippen molar-refractivity contribution < 1.29 is 4.79 Å². The number of nitrogens with one attached hydrogen (secondary N) is 2. The minimum absolute atomic E-state index is 0.0973. The van der Waals surface area contributed by atoms with Crippen LogP contribution in [0, 0.1) is 5.92 Å². The fourth-order valence-corrected chi connectivity index (χ4v) is 2.41. The van der Waals surface area contributed by atoms with Crippen molar-refractivity contribution in [1.29, 1.82) is 0 Å². The van der Waals surface area contributed by atoms with E-state index in [0.29, 0.717) is 12.5 Å². The van der Waals surface area contributed by atoms with Crippen LogP contribution < -0.4 is 10.6 Å². The summed E-state index contributed by atoms with van der Waals surface area (Å²) in [5, 5.41) is 6.31. The van der Waals surface area contributed by atoms with E-state index < -0.39 is 0 Å². The molecule has 0 bridgehead atoms. The number of hydrogen-bond acceptors (Lipinski definition) is 3. The van der Waals surface area contributed by atoms with Gasteiger partial charge in [-0.25, -0.2) is 0 Å². The quantitative estimate of drug-likeness (QED) is 0.704. The van der Waals surface area contributed by atoms with E-state index in [-0.39, 0.29) is 11.4 Å². The first-order valence-corrected chi connectivity index (χ1v) is 7.67. The van der Waals surface area contributed by atoms with Crippen LogP contribution >= 0.6 is 0 Å². The van der Waals surface area contributed by atoms with E-state index in [9.17, 15) is 4.79 Å². The Morgan fingerprint density at radius 2 is 1.95 bits per heavy atom. The molecular weight excluding hydrogens is 238 g/mol. The zero-order valence-corrected chi connectivity index (χ0v) is 13.1. The Labute approximate surface area is 118 Å². The second-order valence-corrected chi connectivity index (χ2v) is 6.53. The zero-order valence-electron chi connectivity index (χ0n) is 13.1. The Hall–Kier alpha value is -0.610. The Balaban J connectivity index is 2.10. The van der Waals surface area contributed by atoms with Crippen molar-refractivity contribution in [2.45, 2.75) is 52.5 Å². The maximum Gasteiger partial charge on any atom is 0.234 e. The molecule has 1 heterocycles. The lowest BCUT2D eigenvalue weighted by molar-refractivity contribution is -0.121. The van der Waals surface area contributed by atoms with Gasteiger partial charge in [-0.2, -0.15) is 0 Å². The zero-order chi connectivity index (χ0) is 14.3. The fraction of sp³-hybridized carbons (Fsp3) is 0.933. The summed E-state index contributed by atoms with van der Waals surface area (Å²) < 4.78 is 0. The number of carbonyl (C=O) groups excluding carboxylic acids is 1. The van der Waals surface area contributed by atoms with Gasteiger partial charge in [0.05, 0.1) is 6.54 Å². The summed E-state index contributed by atoms with van der Waals surface area (Å²) >= 11 is 0. The molecule has 1 fully saturated rings. The van der Waals surface area contributed by atoms with Crippen molar-refractivity contribution in [3.63, 3.8) is 0 Å². The average molecular weight is 269 g/mol. The van der Waals surface area contributed by atoms with Crippen molar-refractivity contribution in [3.05, 3.63) is 0 Å². The summed E-state index contributed by atoms with van der Waals surface area (Å²) in [6.45, 7) is 13.4. The molecule has 4 nitrogen and oxygen atoms in total. The molecule has 1 aliphatic heterocycles. The first-order valence-electron chi connectivity index (χ1n) is 7.67. The molecule has 0 spiro atoms. The van der Waals surface area contributed by atoms with Crippen molar-refractivity contribution in [1.82, 2.24) is 15.5 Å². The normalized spacial score (nSPS) is 18.5. The molecule has 0 aromatic carbocycles. The Morgan fingerprint density at radius 3 is 2.53 bits per heavy atom. The largest absolute Gasteiger partial charge is 0.350 e. The Kier molecular flexibility index (Phi) is 6.80. The molecule has 0 aromatic heterocycles. The van der Waals surface area contributed by atoms with E-state index in [0.717, 1.165) is 19.5 Å². The first-order chi connectivity index (χ1) is 8.93. The number of amides is 1. The molecule has 2 N–H and O–H groups in total. The topological polar surface area (TPSA) is 44.4 Å². The summed E-state index contributed by atoms with van der Waals surface area (Å²) in [4.78, 5) is 14.3. The SMILES string of the molecule is CCC(C)(C)NC(=O)CNCC(C)CN1CCCC1. The summed E-state index contributed by atoms with van der Waals surface area (Å²) in [5.41, 5.74) is -0.0973. The summed E-state index contributed by atoms with van der Waals surface area (Å²) in [7, 11) is 0. The van der Waals surface area contributed by atoms with E-state index >= 15 is 0 Å². The Morgan fingerprint density at radius 1 is 1.32 bits per heavy atom. The van der Waals surface area contributed by atoms with Crippen molar-refractivity contribution in [2.24, 2.45) is 5.92 Å². The molecule has 1 amide bonds. The van der Waals surface area contributed by atoms with E-state index in [1.54, 1.807) is 0 Å². The molecule has 4 heteroatoms. The second-order valence-electron chi connectivity index (χ2n) is 6.53. The monoisotopic (exact) mass is 269 g/mol. The number of likely N-dealkylation sites (tertiary alicyclic amines) is 1. The van der Waals surface area contributed by atoms with Crippen molar-refractivity contribution in [3.8, 4) is 0 Å². The molecule has 0 radical (unpaired) electrons. The van der Waals surface area contributed by atoms with Gasteiger partial charge in [-0.3, -0.25) is 4.79 Å². The smallest absolute Gasteiger partial charge is 0.234 e. The highest BCUT2D eigenvalue weighted by atomic mass is 16.2. The highest BCUT2D eigenvalue weighted by Crippen LogP contribution is 2.09. The van der Waals surface area contributed by atoms with E-state index in [1.165, 1.54) is 25.9 Å². The van der Waals surface area contributed by atoms with Gasteiger partial charge < -0.3 is 15.5 Å². The molecule has 0 saturated carbocycles. The third-order valence-corrected chi connectivity index (χ3v) is 3.91. The molecule has 112 valence electrons. The predicted octanol–water partition coefficient (Wildman–Crippen LogP) is 1.61. The van der Waals surface area contributed by atoms with Gasteiger partial charge in [0.2, 0.25) is 5.91 Å². The highest BCUT2D eigenvalue weighted by molar-refractivity contribution is 5.78. The van der Waals surface area contributed by atoms with Crippen molar-refractivity contribution >= 4 is 5.91 Å². The molecule has 1 atom stereocenters. The molecule has 1 unspecified atom stereocenters. The Bertz CT molecular complexity index is 273. The van der Waals surface area contributed by atoms with Gasteiger partial charge in [0.1, 0.15) is 0 Å². The fourth-order valence-electron chi connectivity index (χ4n) is 2.41. The molecule has 1 aliphatic rings. The lowest BCUT2D eigenvalue weighted by atomic mass is 10.0. The molecule has 0 aliphatic carbocycles. The maximum atomic E-state index is 11.8. The van der Waals surface area contributed by atoms with Crippen LogP contribution in [-0.4, -0.2) is 49.1 Å². The van der Waals surface area contributed by atoms with Crippen LogP contribution in [0.1, 0.15) is 47.0 Å². The second kappa shape index (κ2) is 7.85. The third-order valence-electron chi connectivity index (χ3n) is 3.91. The van der Waals surface area contributed by atoms with Gasteiger partial charge in [0.15, 0.2) is 0 Å². The molecule has 19 heavy (non-hydrogen) atoms. The molecule has 1 rings (SSSR count). The van der Waals surface area contributed by atoms with E-state index in [4.69, 9.17) is 0 Å². The number of nitrogens with zero attached hydrogens (tertiary/aromatic N) is 1. The molecular formula is C15H31N3O. The summed E-state index contributed by atoms with van der Waals surface area (Å²) in [6, 6.07) is 0. The predicted molar refractivity (Wildman–Crippen MR) is 80.2 cm³/mol. The van der Waals surface area contributed by atoms with Crippen LogP contribution in [0.5, 0.6) is 0 Å². The van der Waals surface area contributed by atoms with E-state index in [1.807, 2.05) is 0 Å². The van der Waals surface area contributed by atoms with Crippen LogP contribution in [0.3, 0.4) is 0 Å². The van der Waals surface area contributed by atoms with Crippen LogP contribution in [0.25, 0.3) is 0 Å². The lowest BCUT2D eigenvalue weighted by Crippen LogP contribution is -2.47. The summed E-state index contributed by atoms with van der Waals surface area (Å²) in [6.07, 6.45) is 3.63. The van der Waals surface area contributed by atoms with Crippen LogP contribution in [0.4, 0.5) is 0 Å². The van der Waals surface area contributed by atoms with Gasteiger partial charge in [0, 0.05) is 12.1 Å². The van der Waals surface area contributed by atoms with Gasteiger partial charge in [0.25, 0.3) is 0 Å². The molecule has 1 saturated heterocycles. The minimum Gasteiger partial charge on any atom is -0.350 e. The number of carbonyl (C=O) groups is 1. The summed E-state index contributed by atoms with van der Waals surface area (Å²) in [5.74, 6) is 0.699. The van der Waals surface area contributed by atoms with Crippen LogP contribution in [0.15, 0.2) is 0 Å². The first kappa shape index (κ1) is 16.4. The van der Waals surface area contributed by atoms with Crippen molar-refractivity contribution in [2.75, 3.05) is 32.7 Å². The third kappa shape index (κ3) is 6.92. The number of hydrogen-bond donors (Lipinski definition) is 2. The van der Waals surface area contributed by atoms with Gasteiger partial charge in [-0.15, -0.1) is 0 Å². The van der Waals surface area contributed by atoms with E-state index in [2.05, 4.69) is 43.2 Å². The van der Waals surface area contributed by atoms with Crippen LogP contribution in [-0.2, 0) is 4.79 Å². The highest BCUT2D eigenvalue weighted by Gasteiger charge is 2.18. The van der Waals surface area contributed by atoms with Gasteiger partial charge >= 0.3 is 0 Å². The molecule has 0 aromatic rings. The van der Waals surface area contributed by atoms with Gasteiger partial charge in [-0.1, -0.05) is 13.8 Å². The maximum absolute atomic E-state index is 11.8. The standard InChI is InChI=1S/C15H31N3O/c1-5-15(3,4)17-14(19)11-16-10-13(2)12-18-8-6-7-9-18/h13,16H,5-12H2,1-4H3,(H,17,19). The van der Waals surface area contributed by atoms with Gasteiger partial charge in [-0.05, 0) is 58.7 Å². The number of rotatable bonds is 8. The average Bonchev–Trinajstić information content (AvgIpc) is 2.81. The lowest BCUT2D eigenvalue weighted by Gasteiger charge is -2.25.